The summed E-state index contributed by atoms with van der Waals surface area (Å²) in [5.74, 6) is 0.00243. The number of likely N-dealkylation sites (N-methyl/N-ethyl adjacent to an activating group) is 2. The molecule has 2 aromatic rings. The van der Waals surface area contributed by atoms with Crippen LogP contribution in [0.3, 0.4) is 0 Å². The molecule has 4 aliphatic rings. The number of fused-ring (bicyclic) bond motifs is 4. The predicted molar refractivity (Wildman–Crippen MR) is 211 cm³/mol. The molecule has 4 unspecified atom stereocenters. The molecule has 0 aliphatic carbocycles. The fourth-order valence-corrected chi connectivity index (χ4v) is 10.2. The molecule has 4 heterocycles. The zero-order valence-electron chi connectivity index (χ0n) is 32.2. The van der Waals surface area contributed by atoms with E-state index in [2.05, 4.69) is 99.1 Å². The molecule has 282 valence electrons. The number of rotatable bonds is 19. The second-order valence-corrected chi connectivity index (χ2v) is 16.9. The Hall–Kier alpha value is -3.22. The molecule has 0 aromatic heterocycles. The van der Waals surface area contributed by atoms with Crippen molar-refractivity contribution in [2.24, 2.45) is 0 Å². The fourth-order valence-electron chi connectivity index (χ4n) is 10.2. The number of piperidine rings is 2. The maximum Gasteiger partial charge on any atom is 0.306 e. The first kappa shape index (κ1) is 38.5. The Morgan fingerprint density at radius 3 is 1.21 bits per heavy atom. The Morgan fingerprint density at radius 2 is 0.865 bits per heavy atom. The zero-order valence-corrected chi connectivity index (χ0v) is 32.2. The van der Waals surface area contributed by atoms with E-state index < -0.39 is 0 Å². The number of hydrogen-bond acceptors (Lipinski definition) is 4. The van der Waals surface area contributed by atoms with Gasteiger partial charge in [0.2, 0.25) is 0 Å². The predicted octanol–water partition coefficient (Wildman–Crippen LogP) is 9.68. The first-order valence-electron chi connectivity index (χ1n) is 20.8. The second-order valence-electron chi connectivity index (χ2n) is 16.9. The number of carbonyl (C=O) groups is 2. The van der Waals surface area contributed by atoms with Crippen molar-refractivity contribution >= 4 is 24.1 Å². The van der Waals surface area contributed by atoms with Crippen LogP contribution in [0.25, 0.3) is 12.2 Å². The van der Waals surface area contributed by atoms with Crippen molar-refractivity contribution in [2.45, 2.75) is 152 Å². The summed E-state index contributed by atoms with van der Waals surface area (Å²) >= 11 is 0. The third-order valence-electron chi connectivity index (χ3n) is 13.5. The van der Waals surface area contributed by atoms with Crippen LogP contribution in [0.2, 0.25) is 0 Å². The van der Waals surface area contributed by atoms with Gasteiger partial charge in [0.05, 0.1) is 51.4 Å². The van der Waals surface area contributed by atoms with Gasteiger partial charge in [-0.25, -0.2) is 0 Å². The van der Waals surface area contributed by atoms with Crippen LogP contribution in [-0.4, -0.2) is 84.5 Å². The van der Waals surface area contributed by atoms with Crippen molar-refractivity contribution in [3.63, 3.8) is 0 Å². The van der Waals surface area contributed by atoms with Crippen molar-refractivity contribution in [1.29, 1.82) is 0 Å². The van der Waals surface area contributed by atoms with E-state index >= 15 is 0 Å². The normalized spacial score (nSPS) is 31.0. The summed E-state index contributed by atoms with van der Waals surface area (Å²) in [6.07, 6.45) is 28.2. The molecule has 4 bridgehead atoms. The Balaban J connectivity index is 0.763. The van der Waals surface area contributed by atoms with Crippen LogP contribution >= 0.6 is 0 Å². The molecule has 0 N–H and O–H groups in total. The topological polar surface area (TPSA) is 52.6 Å². The minimum atomic E-state index is 0.00122. The monoisotopic (exact) mass is 711 g/mol. The summed E-state index contributed by atoms with van der Waals surface area (Å²) in [5.41, 5.74) is 2.51. The maximum atomic E-state index is 12.7. The van der Waals surface area contributed by atoms with Gasteiger partial charge in [-0.1, -0.05) is 111 Å². The van der Waals surface area contributed by atoms with Crippen LogP contribution in [-0.2, 0) is 19.1 Å². The average molecular weight is 711 g/mol. The van der Waals surface area contributed by atoms with Crippen molar-refractivity contribution in [3.8, 4) is 0 Å². The highest BCUT2D eigenvalue weighted by Gasteiger charge is 2.53. The zero-order chi connectivity index (χ0) is 36.2. The minimum Gasteiger partial charge on any atom is -0.462 e. The Labute approximate surface area is 314 Å². The number of esters is 2. The van der Waals surface area contributed by atoms with E-state index in [9.17, 15) is 9.59 Å². The van der Waals surface area contributed by atoms with Gasteiger partial charge in [0.15, 0.2) is 0 Å². The third kappa shape index (κ3) is 10.3. The van der Waals surface area contributed by atoms with Gasteiger partial charge in [0, 0.05) is 64.2 Å². The molecule has 0 radical (unpaired) electrons. The lowest BCUT2D eigenvalue weighted by Gasteiger charge is -2.46. The lowest BCUT2D eigenvalue weighted by atomic mass is 9.96. The van der Waals surface area contributed by atoms with E-state index in [1.807, 2.05) is 0 Å². The number of hydrogen-bond donors (Lipinski definition) is 0. The van der Waals surface area contributed by atoms with Crippen LogP contribution in [0, 0.1) is 0 Å². The molecule has 4 fully saturated rings. The van der Waals surface area contributed by atoms with Crippen molar-refractivity contribution in [3.05, 3.63) is 83.9 Å². The summed E-state index contributed by atoms with van der Waals surface area (Å²) in [5, 5.41) is 0. The largest absolute Gasteiger partial charge is 0.462 e. The van der Waals surface area contributed by atoms with Crippen LogP contribution in [0.4, 0.5) is 0 Å². The molecule has 0 saturated carbocycles. The number of unbranched alkanes of at least 4 members (excludes halogenated alkanes) is 7. The Bertz CT molecular complexity index is 1330. The summed E-state index contributed by atoms with van der Waals surface area (Å²) in [6, 6.07) is 23.4. The highest BCUT2D eigenvalue weighted by Crippen LogP contribution is 2.43. The van der Waals surface area contributed by atoms with Gasteiger partial charge >= 0.3 is 11.9 Å². The molecular formula is C46H66N2O4+2. The van der Waals surface area contributed by atoms with Gasteiger partial charge in [-0.05, 0) is 36.1 Å². The molecule has 8 atom stereocenters. The molecule has 0 amide bonds. The van der Waals surface area contributed by atoms with E-state index in [0.717, 1.165) is 73.4 Å². The molecule has 6 rings (SSSR count). The lowest BCUT2D eigenvalue weighted by Crippen LogP contribution is -2.59. The van der Waals surface area contributed by atoms with Gasteiger partial charge < -0.3 is 18.4 Å². The van der Waals surface area contributed by atoms with Gasteiger partial charge in [-0.3, -0.25) is 9.59 Å². The molecule has 0 spiro atoms. The van der Waals surface area contributed by atoms with Crippen LogP contribution in [0.5, 0.6) is 0 Å². The quantitative estimate of drug-likeness (QED) is 0.0828. The van der Waals surface area contributed by atoms with Crippen LogP contribution in [0.1, 0.15) is 127 Å². The number of benzene rings is 2. The SMILES string of the molecule is C[N+]1(CC=Cc2ccccc2)[C@@H]2CC[C@H]1CC(OC(=O)CCCCCCCCCCC(=O)OC1C[C@H]3CC[C@@H](C1)[N+]3(C)CC=Cc1ccccc1)C2. The van der Waals surface area contributed by atoms with Gasteiger partial charge in [0.1, 0.15) is 12.2 Å². The van der Waals surface area contributed by atoms with Gasteiger partial charge in [0.25, 0.3) is 0 Å². The van der Waals surface area contributed by atoms with Crippen molar-refractivity contribution in [2.75, 3.05) is 27.2 Å². The number of quaternary nitrogens is 2. The first-order chi connectivity index (χ1) is 25.3. The Morgan fingerprint density at radius 1 is 0.538 bits per heavy atom. The first-order valence-corrected chi connectivity index (χ1v) is 20.8. The fraction of sp³-hybridized carbons (Fsp3) is 0.609. The summed E-state index contributed by atoms with van der Waals surface area (Å²) in [6.45, 7) is 2.10. The van der Waals surface area contributed by atoms with E-state index in [0.29, 0.717) is 37.0 Å². The molecule has 4 aliphatic heterocycles. The van der Waals surface area contributed by atoms with E-state index in [4.69, 9.17) is 9.47 Å². The smallest absolute Gasteiger partial charge is 0.306 e. The molecule has 52 heavy (non-hydrogen) atoms. The summed E-state index contributed by atoms with van der Waals surface area (Å²) < 4.78 is 14.2. The van der Waals surface area contributed by atoms with Crippen molar-refractivity contribution in [1.82, 2.24) is 0 Å². The summed E-state index contributed by atoms with van der Waals surface area (Å²) in [4.78, 5) is 25.4. The standard InChI is InChI=1S/C46H66N2O4/c1-47(31-17-23-37-19-11-9-12-20-37)39-27-28-40(47)34-43(33-39)51-45(49)25-15-7-5-3-4-6-8-16-26-46(50)52-44-35-41-29-30-42(36-44)48(41,2)32-18-24-38-21-13-10-14-22-38/h9-14,17-24,39-44H,3-8,15-16,25-36H2,1-2H3/q+2/t39-,40+,41-,42+,43?,44?,47?,48?. The maximum absolute atomic E-state index is 12.7. The number of carbonyl (C=O) groups excluding carboxylic acids is 2. The summed E-state index contributed by atoms with van der Waals surface area (Å²) in [7, 11) is 4.82. The third-order valence-corrected chi connectivity index (χ3v) is 13.5. The highest BCUT2D eigenvalue weighted by atomic mass is 16.5. The molecule has 6 heteroatoms. The van der Waals surface area contributed by atoms with Gasteiger partial charge in [-0.2, -0.15) is 0 Å². The second kappa shape index (κ2) is 18.7. The minimum absolute atomic E-state index is 0.00122. The average Bonchev–Trinajstić information content (AvgIpc) is 3.37. The lowest BCUT2D eigenvalue weighted by molar-refractivity contribution is -0.944. The molecular weight excluding hydrogens is 645 g/mol. The van der Waals surface area contributed by atoms with Crippen LogP contribution in [0.15, 0.2) is 72.8 Å². The van der Waals surface area contributed by atoms with Gasteiger partial charge in [-0.15, -0.1) is 0 Å². The van der Waals surface area contributed by atoms with Crippen LogP contribution < -0.4 is 0 Å². The van der Waals surface area contributed by atoms with Crippen molar-refractivity contribution < 1.29 is 28.0 Å². The molecule has 6 nitrogen and oxygen atoms in total. The van der Waals surface area contributed by atoms with E-state index in [1.54, 1.807) is 0 Å². The molecule has 2 aromatic carbocycles. The number of ether oxygens (including phenoxy) is 2. The molecule has 4 saturated heterocycles. The number of nitrogens with zero attached hydrogens (tertiary/aromatic N) is 2. The highest BCUT2D eigenvalue weighted by molar-refractivity contribution is 5.69. The Kier molecular flexibility index (Phi) is 13.8. The van der Waals surface area contributed by atoms with E-state index in [-0.39, 0.29) is 24.1 Å². The van der Waals surface area contributed by atoms with E-state index in [1.165, 1.54) is 62.5 Å².